The largest absolute Gasteiger partial charge is 0.508 e. The molecule has 2 aliphatic carbocycles. The van der Waals surface area contributed by atoms with Crippen LogP contribution in [0.25, 0.3) is 66.8 Å². The standard InChI is InChI=1S/C50H43N4O8/c1-53(2)32-13-18-39-42(25-32)61-43-26-33(54(3)4)14-19-40(43)47(39)36-17-12-31(24-41(36)50(59)60)49(58)52-23-7-5-6-22-51-48(57)30-10-8-29(9-11-30)46-37-20-15-34(55)27-44(37)62-45-28-35(56)16-21-38(45)46/h8-21,23-28H,5-7,22H2,1-4H3,(H3-,51,52,55,56,57,58,59,60)/p+1. The normalized spacial score (nSPS) is 11.3. The quantitative estimate of drug-likeness (QED) is 0.0542. The third-order valence-corrected chi connectivity index (χ3v) is 10.9. The fourth-order valence-corrected chi connectivity index (χ4v) is 7.68. The van der Waals surface area contributed by atoms with Gasteiger partial charge in [0, 0.05) is 101 Å². The number of anilines is 1. The molecule has 0 saturated heterocycles. The average Bonchev–Trinajstić information content (AvgIpc) is 3.26. The zero-order valence-corrected chi connectivity index (χ0v) is 34.6. The SMILES string of the molecule is CN(C)c1ccc2c(-c3ccc(C(=O)N[CH]CCCCNC(=O)c4ccc(-c5c6ccc(=O)cc-6oc6cc(O)ccc56)cc4)cc3C(=O)O)c3ccc(=[N+](C)C)cc-3oc2c1. The molecule has 0 spiro atoms. The molecular formula is C50H44N4O8+. The highest BCUT2D eigenvalue weighted by atomic mass is 16.4. The summed E-state index contributed by atoms with van der Waals surface area (Å²) in [5.74, 6) is -0.784. The number of phenols is 1. The topological polar surface area (TPSA) is 165 Å². The molecule has 0 bridgehead atoms. The summed E-state index contributed by atoms with van der Waals surface area (Å²) in [6.45, 7) is 2.07. The Bertz CT molecular complexity index is 3110. The Morgan fingerprint density at radius 3 is 2.10 bits per heavy atom. The number of hydrogen-bond acceptors (Lipinski definition) is 8. The van der Waals surface area contributed by atoms with E-state index in [1.165, 1.54) is 24.3 Å². The maximum Gasteiger partial charge on any atom is 0.336 e. The van der Waals surface area contributed by atoms with Crippen molar-refractivity contribution in [2.24, 2.45) is 0 Å². The van der Waals surface area contributed by atoms with Crippen LogP contribution in [0.2, 0.25) is 0 Å². The maximum atomic E-state index is 13.3. The zero-order chi connectivity index (χ0) is 43.7. The highest BCUT2D eigenvalue weighted by Gasteiger charge is 2.24. The van der Waals surface area contributed by atoms with Gasteiger partial charge in [-0.2, -0.15) is 0 Å². The molecule has 0 aromatic heterocycles. The number of fused-ring (bicyclic) bond motifs is 4. The van der Waals surface area contributed by atoms with E-state index >= 15 is 0 Å². The van der Waals surface area contributed by atoms with Crippen LogP contribution in [-0.2, 0) is 0 Å². The van der Waals surface area contributed by atoms with Crippen molar-refractivity contribution in [2.75, 3.05) is 39.6 Å². The van der Waals surface area contributed by atoms with Crippen molar-refractivity contribution in [3.63, 3.8) is 0 Å². The predicted molar refractivity (Wildman–Crippen MR) is 241 cm³/mol. The molecule has 0 saturated carbocycles. The molecule has 2 heterocycles. The predicted octanol–water partition coefficient (Wildman–Crippen LogP) is 8.08. The molecule has 0 atom stereocenters. The fourth-order valence-electron chi connectivity index (χ4n) is 7.68. The summed E-state index contributed by atoms with van der Waals surface area (Å²) in [5.41, 5.74) is 6.73. The number of benzene rings is 6. The van der Waals surface area contributed by atoms with E-state index in [-0.39, 0.29) is 28.2 Å². The van der Waals surface area contributed by atoms with Gasteiger partial charge in [0.1, 0.15) is 42.5 Å². The second kappa shape index (κ2) is 17.1. The Morgan fingerprint density at radius 1 is 0.694 bits per heavy atom. The van der Waals surface area contributed by atoms with Crippen LogP contribution in [0, 0.1) is 6.54 Å². The lowest BCUT2D eigenvalue weighted by Gasteiger charge is -2.19. The van der Waals surface area contributed by atoms with Crippen molar-refractivity contribution < 1.29 is 33.4 Å². The van der Waals surface area contributed by atoms with Crippen molar-refractivity contribution in [3.05, 3.63) is 154 Å². The van der Waals surface area contributed by atoms with Crippen molar-refractivity contribution in [2.45, 2.75) is 19.3 Å². The van der Waals surface area contributed by atoms with Crippen molar-refractivity contribution >= 4 is 45.4 Å². The van der Waals surface area contributed by atoms with Gasteiger partial charge >= 0.3 is 5.97 Å². The smallest absolute Gasteiger partial charge is 0.336 e. The lowest BCUT2D eigenvalue weighted by atomic mass is 9.89. The van der Waals surface area contributed by atoms with Crippen LogP contribution in [0.3, 0.4) is 0 Å². The van der Waals surface area contributed by atoms with Crippen molar-refractivity contribution in [1.29, 1.82) is 0 Å². The van der Waals surface area contributed by atoms with E-state index in [1.54, 1.807) is 49.0 Å². The highest BCUT2D eigenvalue weighted by molar-refractivity contribution is 6.09. The first-order valence-corrected chi connectivity index (χ1v) is 20.1. The number of hydrogen-bond donors (Lipinski definition) is 4. The maximum absolute atomic E-state index is 13.3. The number of carbonyl (C=O) groups is 3. The van der Waals surface area contributed by atoms with E-state index in [0.717, 1.165) is 44.1 Å². The number of rotatable bonds is 12. The number of aromatic hydroxyl groups is 1. The number of nitrogens with one attached hydrogen (secondary N) is 2. The summed E-state index contributed by atoms with van der Waals surface area (Å²) in [5, 5.41) is 28.6. The summed E-state index contributed by atoms with van der Waals surface area (Å²) in [6.07, 6.45) is 1.88. The second-order valence-electron chi connectivity index (χ2n) is 15.5. The van der Waals surface area contributed by atoms with E-state index in [4.69, 9.17) is 8.83 Å². The molecule has 0 fully saturated rings. The first kappa shape index (κ1) is 41.0. The zero-order valence-electron chi connectivity index (χ0n) is 34.6. The summed E-state index contributed by atoms with van der Waals surface area (Å²) < 4.78 is 14.3. The van der Waals surface area contributed by atoms with E-state index in [0.29, 0.717) is 65.2 Å². The molecule has 2 aliphatic heterocycles. The van der Waals surface area contributed by atoms with Crippen LogP contribution in [0.5, 0.6) is 5.75 Å². The lowest BCUT2D eigenvalue weighted by Crippen LogP contribution is -2.24. The molecule has 311 valence electrons. The molecule has 2 amide bonds. The number of carbonyl (C=O) groups excluding carboxylic acids is 2. The van der Waals surface area contributed by atoms with Crippen LogP contribution >= 0.6 is 0 Å². The molecule has 4 N–H and O–H groups in total. The summed E-state index contributed by atoms with van der Waals surface area (Å²) >= 11 is 0. The summed E-state index contributed by atoms with van der Waals surface area (Å²) in [6, 6.07) is 33.0. The molecule has 4 aliphatic rings. The first-order chi connectivity index (χ1) is 29.9. The molecule has 12 heteroatoms. The molecule has 4 aromatic carbocycles. The van der Waals surface area contributed by atoms with Crippen LogP contribution < -0.4 is 30.9 Å². The minimum absolute atomic E-state index is 0.0109. The van der Waals surface area contributed by atoms with Gasteiger partial charge in [0.15, 0.2) is 5.43 Å². The Kier molecular flexibility index (Phi) is 11.3. The van der Waals surface area contributed by atoms with Gasteiger partial charge < -0.3 is 34.6 Å². The minimum atomic E-state index is -1.16. The number of nitrogens with zero attached hydrogens (tertiary/aromatic N) is 2. The number of amides is 2. The third-order valence-electron chi connectivity index (χ3n) is 10.9. The molecule has 12 nitrogen and oxygen atoms in total. The highest BCUT2D eigenvalue weighted by Crippen LogP contribution is 2.43. The first-order valence-electron chi connectivity index (χ1n) is 20.1. The second-order valence-corrected chi connectivity index (χ2v) is 15.5. The number of carboxylic acids is 1. The van der Waals surface area contributed by atoms with Crippen LogP contribution in [0.15, 0.2) is 129 Å². The summed E-state index contributed by atoms with van der Waals surface area (Å²) in [4.78, 5) is 53.1. The molecular weight excluding hydrogens is 785 g/mol. The monoisotopic (exact) mass is 828 g/mol. The molecule has 62 heavy (non-hydrogen) atoms. The number of unbranched alkanes of at least 4 members (excludes halogenated alkanes) is 2. The van der Waals surface area contributed by atoms with E-state index < -0.39 is 11.9 Å². The van der Waals surface area contributed by atoms with Gasteiger partial charge in [-0.25, -0.2) is 9.37 Å². The van der Waals surface area contributed by atoms with Gasteiger partial charge in [0.2, 0.25) is 5.36 Å². The number of aromatic carboxylic acids is 1. The lowest BCUT2D eigenvalue weighted by molar-refractivity contribution is 0.0697. The van der Waals surface area contributed by atoms with Gasteiger partial charge in [-0.1, -0.05) is 18.2 Å². The molecule has 1 radical (unpaired) electrons. The van der Waals surface area contributed by atoms with Crippen LogP contribution in [-0.4, -0.2) is 62.7 Å². The van der Waals surface area contributed by atoms with Crippen molar-refractivity contribution in [3.8, 4) is 50.7 Å². The fraction of sp³-hybridized carbons (Fsp3) is 0.160. The van der Waals surface area contributed by atoms with Gasteiger partial charge in [-0.05, 0) is 97.1 Å². The van der Waals surface area contributed by atoms with Gasteiger partial charge in [0.05, 0.1) is 11.6 Å². The van der Waals surface area contributed by atoms with E-state index in [9.17, 15) is 29.4 Å². The van der Waals surface area contributed by atoms with E-state index in [2.05, 4.69) is 10.6 Å². The van der Waals surface area contributed by atoms with Gasteiger partial charge in [0.25, 0.3) is 11.8 Å². The number of phenolic OH excluding ortho intramolecular Hbond substituents is 1. The van der Waals surface area contributed by atoms with Gasteiger partial charge in [-0.15, -0.1) is 0 Å². The summed E-state index contributed by atoms with van der Waals surface area (Å²) in [7, 11) is 7.76. The minimum Gasteiger partial charge on any atom is -0.508 e. The molecule has 0 unspecified atom stereocenters. The number of carboxylic acid groups (broad SMARTS) is 1. The molecule has 8 rings (SSSR count). The Morgan fingerprint density at radius 2 is 1.35 bits per heavy atom. The molecule has 4 aromatic rings. The third kappa shape index (κ3) is 8.22. The Balaban J connectivity index is 0.893. The Labute approximate surface area is 356 Å². The van der Waals surface area contributed by atoms with E-state index in [1.807, 2.05) is 86.2 Å². The van der Waals surface area contributed by atoms with Gasteiger partial charge in [-0.3, -0.25) is 14.4 Å². The Hall–Kier alpha value is -7.73. The average molecular weight is 829 g/mol. The van der Waals surface area contributed by atoms with Crippen molar-refractivity contribution in [1.82, 2.24) is 15.2 Å². The van der Waals surface area contributed by atoms with Crippen LogP contribution in [0.1, 0.15) is 50.3 Å². The van der Waals surface area contributed by atoms with Crippen LogP contribution in [0.4, 0.5) is 5.69 Å².